The fourth-order valence-corrected chi connectivity index (χ4v) is 11.1. The fraction of sp³-hybridized carbons (Fsp3) is 0. The van der Waals surface area contributed by atoms with E-state index in [1.807, 2.05) is 60.7 Å². The number of para-hydroxylation sites is 5. The maximum absolute atomic E-state index is 5.38. The first-order chi connectivity index (χ1) is 35.2. The van der Waals surface area contributed by atoms with Gasteiger partial charge in [0, 0.05) is 65.8 Å². The summed E-state index contributed by atoms with van der Waals surface area (Å²) in [5.74, 6) is 1.86. The van der Waals surface area contributed by atoms with Gasteiger partial charge in [0.15, 0.2) is 17.5 Å². The molecule has 0 saturated heterocycles. The minimum Gasteiger partial charge on any atom is -0.309 e. The standard InChI is InChI=1S/C64H39N7/c1-4-17-40(18-5-1)61-66-62(41-19-6-2-7-20-41)68-63(67-61)44-21-16-24-46(37-44)70-55-29-14-10-25-47(55)49-33-34-50-59(60(49)70)52-39-43(32-36-57(52)71-58-30-15-12-27-53(58)65-64(50)71)42-31-35-56-51(38-42)48-26-11-13-28-54(48)69(56)45-22-8-3-9-23-45/h1-39H. The Morgan fingerprint density at radius 3 is 1.48 bits per heavy atom. The highest BCUT2D eigenvalue weighted by Crippen LogP contribution is 2.44. The molecule has 0 atom stereocenters. The maximum Gasteiger partial charge on any atom is 0.164 e. The van der Waals surface area contributed by atoms with E-state index in [0.717, 1.165) is 88.6 Å². The maximum atomic E-state index is 5.38. The van der Waals surface area contributed by atoms with Gasteiger partial charge in [0.05, 0.1) is 38.6 Å². The largest absolute Gasteiger partial charge is 0.309 e. The molecule has 0 bridgehead atoms. The number of hydrogen-bond donors (Lipinski definition) is 0. The minimum atomic E-state index is 0.606. The first-order valence-electron chi connectivity index (χ1n) is 24.0. The van der Waals surface area contributed by atoms with Gasteiger partial charge in [-0.2, -0.15) is 0 Å². The van der Waals surface area contributed by atoms with Crippen LogP contribution in [0.25, 0.3) is 139 Å². The molecule has 15 aromatic rings. The van der Waals surface area contributed by atoms with Crippen molar-refractivity contribution in [3.8, 4) is 56.7 Å². The summed E-state index contributed by atoms with van der Waals surface area (Å²) in [6.07, 6.45) is 0. The van der Waals surface area contributed by atoms with E-state index in [1.54, 1.807) is 0 Å². The number of imidazole rings is 1. The summed E-state index contributed by atoms with van der Waals surface area (Å²) < 4.78 is 7.16. The number of nitrogens with zero attached hydrogens (tertiary/aromatic N) is 7. The van der Waals surface area contributed by atoms with Crippen LogP contribution in [0.5, 0.6) is 0 Å². The molecular weight excluding hydrogens is 867 g/mol. The Labute approximate surface area is 406 Å². The van der Waals surface area contributed by atoms with Crippen molar-refractivity contribution in [1.82, 2.24) is 33.5 Å². The zero-order valence-electron chi connectivity index (χ0n) is 38.1. The van der Waals surface area contributed by atoms with Gasteiger partial charge in [-0.1, -0.05) is 158 Å². The van der Waals surface area contributed by atoms with Gasteiger partial charge in [0.1, 0.15) is 5.65 Å². The molecule has 330 valence electrons. The van der Waals surface area contributed by atoms with Crippen LogP contribution in [0.15, 0.2) is 237 Å². The zero-order chi connectivity index (χ0) is 46.6. The van der Waals surface area contributed by atoms with E-state index in [2.05, 4.69) is 189 Å². The summed E-state index contributed by atoms with van der Waals surface area (Å²) in [6.45, 7) is 0. The number of fused-ring (bicyclic) bond motifs is 15. The number of aromatic nitrogens is 7. The Hall–Kier alpha value is -9.72. The lowest BCUT2D eigenvalue weighted by Gasteiger charge is -2.15. The van der Waals surface area contributed by atoms with Crippen molar-refractivity contribution in [2.75, 3.05) is 0 Å². The van der Waals surface area contributed by atoms with E-state index in [1.165, 1.54) is 32.6 Å². The lowest BCUT2D eigenvalue weighted by molar-refractivity contribution is 1.07. The molecule has 0 amide bonds. The molecule has 0 saturated carbocycles. The normalized spacial score (nSPS) is 11.9. The molecule has 7 nitrogen and oxygen atoms in total. The predicted molar refractivity (Wildman–Crippen MR) is 292 cm³/mol. The number of benzene rings is 10. The summed E-state index contributed by atoms with van der Waals surface area (Å²) in [5, 5.41) is 8.15. The molecule has 0 aliphatic rings. The summed E-state index contributed by atoms with van der Waals surface area (Å²) in [5.41, 5.74) is 15.8. The van der Waals surface area contributed by atoms with Crippen molar-refractivity contribution in [2.45, 2.75) is 0 Å². The van der Waals surface area contributed by atoms with Gasteiger partial charge in [-0.15, -0.1) is 0 Å². The van der Waals surface area contributed by atoms with Gasteiger partial charge in [0.2, 0.25) is 0 Å². The molecule has 0 unspecified atom stereocenters. The van der Waals surface area contributed by atoms with Crippen LogP contribution in [0.1, 0.15) is 0 Å². The van der Waals surface area contributed by atoms with Gasteiger partial charge in [-0.3, -0.25) is 4.40 Å². The molecule has 15 rings (SSSR count). The summed E-state index contributed by atoms with van der Waals surface area (Å²) in [6, 6.07) is 84.0. The van der Waals surface area contributed by atoms with E-state index in [4.69, 9.17) is 19.9 Å². The summed E-state index contributed by atoms with van der Waals surface area (Å²) >= 11 is 0. The van der Waals surface area contributed by atoms with E-state index in [9.17, 15) is 0 Å². The molecule has 7 heteroatoms. The van der Waals surface area contributed by atoms with Crippen LogP contribution in [-0.2, 0) is 0 Å². The third kappa shape index (κ3) is 6.03. The molecule has 71 heavy (non-hydrogen) atoms. The second-order valence-corrected chi connectivity index (χ2v) is 18.2. The van der Waals surface area contributed by atoms with Gasteiger partial charge < -0.3 is 9.13 Å². The van der Waals surface area contributed by atoms with Gasteiger partial charge in [0.25, 0.3) is 0 Å². The topological polar surface area (TPSA) is 65.8 Å². The quantitative estimate of drug-likeness (QED) is 0.156. The van der Waals surface area contributed by atoms with Crippen molar-refractivity contribution in [1.29, 1.82) is 0 Å². The Kier molecular flexibility index (Phi) is 8.52. The lowest BCUT2D eigenvalue weighted by Crippen LogP contribution is -2.01. The molecule has 0 radical (unpaired) electrons. The van der Waals surface area contributed by atoms with Gasteiger partial charge >= 0.3 is 0 Å². The van der Waals surface area contributed by atoms with Crippen molar-refractivity contribution in [3.05, 3.63) is 237 Å². The van der Waals surface area contributed by atoms with Crippen LogP contribution >= 0.6 is 0 Å². The zero-order valence-corrected chi connectivity index (χ0v) is 38.1. The highest BCUT2D eigenvalue weighted by atomic mass is 15.0. The van der Waals surface area contributed by atoms with Crippen molar-refractivity contribution < 1.29 is 0 Å². The second kappa shape index (κ2) is 15.4. The molecule has 5 aromatic heterocycles. The smallest absolute Gasteiger partial charge is 0.164 e. The van der Waals surface area contributed by atoms with Gasteiger partial charge in [-0.05, 0) is 90.0 Å². The van der Waals surface area contributed by atoms with Crippen LogP contribution in [-0.4, -0.2) is 33.5 Å². The van der Waals surface area contributed by atoms with Crippen LogP contribution in [0, 0.1) is 0 Å². The van der Waals surface area contributed by atoms with Crippen LogP contribution in [0.4, 0.5) is 0 Å². The SMILES string of the molecule is c1ccc(-c2nc(-c3ccccc3)nc(-c3cccc(-n4c5ccccc5c5ccc6c(c7cc(-c8ccc9c(c8)c8ccccc8n9-c8ccccc8)ccc7n7c8ccccc8nc67)c54)c3)n2)cc1. The molecule has 0 aliphatic heterocycles. The molecule has 0 N–H and O–H groups in total. The number of rotatable bonds is 6. The highest BCUT2D eigenvalue weighted by Gasteiger charge is 2.23. The highest BCUT2D eigenvalue weighted by molar-refractivity contribution is 6.28. The number of pyridine rings is 1. The molecule has 5 heterocycles. The molecule has 0 aliphatic carbocycles. The van der Waals surface area contributed by atoms with E-state index >= 15 is 0 Å². The van der Waals surface area contributed by atoms with Crippen molar-refractivity contribution in [2.24, 2.45) is 0 Å². The second-order valence-electron chi connectivity index (χ2n) is 18.2. The van der Waals surface area contributed by atoms with Crippen LogP contribution < -0.4 is 0 Å². The predicted octanol–water partition coefficient (Wildman–Crippen LogP) is 15.8. The first kappa shape index (κ1) is 39.3. The van der Waals surface area contributed by atoms with Crippen molar-refractivity contribution in [3.63, 3.8) is 0 Å². The monoisotopic (exact) mass is 905 g/mol. The summed E-state index contributed by atoms with van der Waals surface area (Å²) in [4.78, 5) is 20.6. The first-order valence-corrected chi connectivity index (χ1v) is 24.0. The summed E-state index contributed by atoms with van der Waals surface area (Å²) in [7, 11) is 0. The Bertz CT molecular complexity index is 4570. The fourth-order valence-electron chi connectivity index (χ4n) is 11.1. The Morgan fingerprint density at radius 2 is 0.775 bits per heavy atom. The molecule has 10 aromatic carbocycles. The van der Waals surface area contributed by atoms with E-state index in [0.29, 0.717) is 17.5 Å². The van der Waals surface area contributed by atoms with Crippen LogP contribution in [0.3, 0.4) is 0 Å². The third-order valence-corrected chi connectivity index (χ3v) is 14.2. The average Bonchev–Trinajstić information content (AvgIpc) is 4.12. The number of hydrogen-bond acceptors (Lipinski definition) is 4. The molecular formula is C64H39N7. The Balaban J connectivity index is 1.01. The third-order valence-electron chi connectivity index (χ3n) is 14.2. The van der Waals surface area contributed by atoms with Crippen molar-refractivity contribution >= 4 is 82.0 Å². The van der Waals surface area contributed by atoms with E-state index in [-0.39, 0.29) is 0 Å². The Morgan fingerprint density at radius 1 is 0.268 bits per heavy atom. The molecule has 0 spiro atoms. The lowest BCUT2D eigenvalue weighted by atomic mass is 9.97. The minimum absolute atomic E-state index is 0.606. The molecule has 0 fully saturated rings. The van der Waals surface area contributed by atoms with Crippen LogP contribution in [0.2, 0.25) is 0 Å². The van der Waals surface area contributed by atoms with Gasteiger partial charge in [-0.25, -0.2) is 19.9 Å². The average molecular weight is 906 g/mol. The van der Waals surface area contributed by atoms with E-state index < -0.39 is 0 Å².